The normalized spacial score (nSPS) is 29.1. The van der Waals surface area contributed by atoms with E-state index in [1.165, 1.54) is 26.2 Å². The van der Waals surface area contributed by atoms with E-state index in [9.17, 15) is 18.0 Å². The van der Waals surface area contributed by atoms with Crippen molar-refractivity contribution in [1.29, 1.82) is 0 Å². The molecule has 1 aliphatic rings. The minimum absolute atomic E-state index is 0.151. The van der Waals surface area contributed by atoms with Crippen LogP contribution in [0.1, 0.15) is 13.3 Å². The summed E-state index contributed by atoms with van der Waals surface area (Å²) in [6.45, 7) is 1.27. The fourth-order valence-electron chi connectivity index (χ4n) is 1.43. The summed E-state index contributed by atoms with van der Waals surface area (Å²) < 4.78 is 52.7. The van der Waals surface area contributed by atoms with Crippen LogP contribution in [0.15, 0.2) is 12.2 Å². The number of ether oxygens (including phenoxy) is 3. The van der Waals surface area contributed by atoms with E-state index in [1.54, 1.807) is 0 Å². The smallest absolute Gasteiger partial charge is 0.428 e. The Morgan fingerprint density at radius 2 is 2.24 bits per heavy atom. The molecule has 0 saturated carbocycles. The molecule has 0 saturated heterocycles. The van der Waals surface area contributed by atoms with Gasteiger partial charge in [0.2, 0.25) is 0 Å². The SMILES string of the molecule is CCOC(=O)C1(C(F)(F)F)CC=CC(OC)O1. The molecule has 0 aliphatic carbocycles. The Morgan fingerprint density at radius 3 is 2.71 bits per heavy atom. The Bertz CT molecular complexity index is 313. The van der Waals surface area contributed by atoms with Crippen LogP contribution < -0.4 is 0 Å². The van der Waals surface area contributed by atoms with Crippen LogP contribution in [0.4, 0.5) is 13.2 Å². The minimum Gasteiger partial charge on any atom is -0.464 e. The van der Waals surface area contributed by atoms with E-state index < -0.39 is 30.5 Å². The zero-order valence-electron chi connectivity index (χ0n) is 9.41. The van der Waals surface area contributed by atoms with Gasteiger partial charge in [0.05, 0.1) is 6.61 Å². The molecule has 1 rings (SSSR count). The predicted octanol–water partition coefficient (Wildman–Crippen LogP) is 1.80. The van der Waals surface area contributed by atoms with Gasteiger partial charge in [0, 0.05) is 13.5 Å². The number of hydrogen-bond donors (Lipinski definition) is 0. The van der Waals surface area contributed by atoms with Crippen molar-refractivity contribution < 1.29 is 32.2 Å². The second-order valence-corrected chi connectivity index (χ2v) is 3.40. The topological polar surface area (TPSA) is 44.8 Å². The molecule has 2 atom stereocenters. The highest BCUT2D eigenvalue weighted by molar-refractivity contribution is 5.81. The lowest BCUT2D eigenvalue weighted by Gasteiger charge is -2.36. The highest BCUT2D eigenvalue weighted by atomic mass is 19.4. The Kier molecular flexibility index (Phi) is 4.16. The molecule has 1 aliphatic heterocycles. The van der Waals surface area contributed by atoms with E-state index in [1.807, 2.05) is 0 Å². The molecule has 0 fully saturated rings. The van der Waals surface area contributed by atoms with Gasteiger partial charge in [-0.05, 0) is 13.0 Å². The zero-order chi connectivity index (χ0) is 13.1. The van der Waals surface area contributed by atoms with Gasteiger partial charge in [0.25, 0.3) is 5.60 Å². The molecule has 0 aromatic heterocycles. The van der Waals surface area contributed by atoms with Crippen molar-refractivity contribution in [3.05, 3.63) is 12.2 Å². The Morgan fingerprint density at radius 1 is 1.59 bits per heavy atom. The first-order valence-electron chi connectivity index (χ1n) is 4.98. The summed E-state index contributed by atoms with van der Waals surface area (Å²) in [5.74, 6) is -1.45. The first-order chi connectivity index (χ1) is 7.87. The Hall–Kier alpha value is -1.08. The number of carbonyl (C=O) groups excluding carboxylic acids is 1. The highest BCUT2D eigenvalue weighted by Gasteiger charge is 2.64. The monoisotopic (exact) mass is 254 g/mol. The standard InChI is InChI=1S/C10H13F3O4/c1-3-16-8(14)9(10(11,12)13)6-4-5-7(15-2)17-9/h4-5,7H,3,6H2,1-2H3. The lowest BCUT2D eigenvalue weighted by Crippen LogP contribution is -2.57. The van der Waals surface area contributed by atoms with Gasteiger partial charge in [-0.1, -0.05) is 6.08 Å². The number of hydrogen-bond acceptors (Lipinski definition) is 4. The van der Waals surface area contributed by atoms with Crippen molar-refractivity contribution in [2.24, 2.45) is 0 Å². The zero-order valence-corrected chi connectivity index (χ0v) is 9.41. The van der Waals surface area contributed by atoms with E-state index in [0.29, 0.717) is 0 Å². The molecule has 0 amide bonds. The predicted molar refractivity (Wildman–Crippen MR) is 51.1 cm³/mol. The number of rotatable bonds is 3. The van der Waals surface area contributed by atoms with Crippen molar-refractivity contribution in [1.82, 2.24) is 0 Å². The summed E-state index contributed by atoms with van der Waals surface area (Å²) in [6, 6.07) is 0. The molecule has 0 spiro atoms. The van der Waals surface area contributed by atoms with Gasteiger partial charge < -0.3 is 14.2 Å². The van der Waals surface area contributed by atoms with Crippen LogP contribution in [0.25, 0.3) is 0 Å². The maximum absolute atomic E-state index is 13.0. The van der Waals surface area contributed by atoms with Crippen LogP contribution in [0.5, 0.6) is 0 Å². The summed E-state index contributed by atoms with van der Waals surface area (Å²) in [4.78, 5) is 11.5. The van der Waals surface area contributed by atoms with Crippen molar-refractivity contribution in [3.63, 3.8) is 0 Å². The molecule has 2 unspecified atom stereocenters. The van der Waals surface area contributed by atoms with Crippen molar-refractivity contribution in [2.45, 2.75) is 31.4 Å². The number of esters is 1. The first-order valence-corrected chi connectivity index (χ1v) is 4.98. The molecule has 17 heavy (non-hydrogen) atoms. The molecule has 1 heterocycles. The summed E-state index contributed by atoms with van der Waals surface area (Å²) in [5, 5.41) is 0. The lowest BCUT2D eigenvalue weighted by molar-refractivity contribution is -0.309. The molecular formula is C10H13F3O4. The van der Waals surface area contributed by atoms with Gasteiger partial charge in [-0.15, -0.1) is 0 Å². The van der Waals surface area contributed by atoms with Crippen LogP contribution in [-0.2, 0) is 19.0 Å². The number of halogens is 3. The van der Waals surface area contributed by atoms with Gasteiger partial charge in [-0.3, -0.25) is 0 Å². The first kappa shape index (κ1) is 14.0. The van der Waals surface area contributed by atoms with Crippen LogP contribution in [0, 0.1) is 0 Å². The van der Waals surface area contributed by atoms with Crippen LogP contribution in [0.3, 0.4) is 0 Å². The largest absolute Gasteiger partial charge is 0.464 e. The molecule has 98 valence electrons. The van der Waals surface area contributed by atoms with E-state index in [4.69, 9.17) is 4.74 Å². The quantitative estimate of drug-likeness (QED) is 0.569. The van der Waals surface area contributed by atoms with Gasteiger partial charge in [0.1, 0.15) is 0 Å². The molecule has 0 aromatic rings. The van der Waals surface area contributed by atoms with E-state index in [0.717, 1.165) is 0 Å². The molecule has 0 bridgehead atoms. The van der Waals surface area contributed by atoms with Gasteiger partial charge in [0.15, 0.2) is 6.29 Å². The van der Waals surface area contributed by atoms with Crippen LogP contribution >= 0.6 is 0 Å². The second-order valence-electron chi connectivity index (χ2n) is 3.40. The third-order valence-electron chi connectivity index (χ3n) is 2.31. The Labute approximate surface area is 96.3 Å². The fourth-order valence-corrected chi connectivity index (χ4v) is 1.43. The summed E-state index contributed by atoms with van der Waals surface area (Å²) >= 11 is 0. The molecule has 0 radical (unpaired) electrons. The van der Waals surface area contributed by atoms with Crippen molar-refractivity contribution in [2.75, 3.05) is 13.7 Å². The van der Waals surface area contributed by atoms with E-state index in [2.05, 4.69) is 9.47 Å². The number of carbonyl (C=O) groups is 1. The van der Waals surface area contributed by atoms with Gasteiger partial charge in [-0.2, -0.15) is 13.2 Å². The maximum Gasteiger partial charge on any atom is 0.428 e. The van der Waals surface area contributed by atoms with E-state index >= 15 is 0 Å². The van der Waals surface area contributed by atoms with E-state index in [-0.39, 0.29) is 6.61 Å². The Balaban J connectivity index is 3.04. The van der Waals surface area contributed by atoms with Crippen LogP contribution in [0.2, 0.25) is 0 Å². The average molecular weight is 254 g/mol. The van der Waals surface area contributed by atoms with Crippen LogP contribution in [-0.4, -0.2) is 37.8 Å². The fraction of sp³-hybridized carbons (Fsp3) is 0.700. The van der Waals surface area contributed by atoms with Crippen molar-refractivity contribution >= 4 is 5.97 Å². The summed E-state index contributed by atoms with van der Waals surface area (Å²) in [7, 11) is 1.19. The van der Waals surface area contributed by atoms with Gasteiger partial charge in [-0.25, -0.2) is 4.79 Å². The lowest BCUT2D eigenvalue weighted by atomic mass is 9.96. The molecule has 4 nitrogen and oxygen atoms in total. The maximum atomic E-state index is 13.0. The van der Waals surface area contributed by atoms with Gasteiger partial charge >= 0.3 is 12.1 Å². The second kappa shape index (κ2) is 5.05. The number of alkyl halides is 3. The molecule has 0 aromatic carbocycles. The highest BCUT2D eigenvalue weighted by Crippen LogP contribution is 2.41. The molecule has 7 heteroatoms. The third-order valence-corrected chi connectivity index (χ3v) is 2.31. The summed E-state index contributed by atoms with van der Waals surface area (Å²) in [6.07, 6.45) is -4.18. The molecular weight excluding hydrogens is 241 g/mol. The average Bonchev–Trinajstić information content (AvgIpc) is 2.28. The molecule has 0 N–H and O–H groups in total. The summed E-state index contributed by atoms with van der Waals surface area (Å²) in [5.41, 5.74) is -2.97. The van der Waals surface area contributed by atoms with Crippen molar-refractivity contribution in [3.8, 4) is 0 Å². The number of methoxy groups -OCH3 is 1. The minimum atomic E-state index is -4.86. The third kappa shape index (κ3) is 2.61.